The third-order valence-corrected chi connectivity index (χ3v) is 6.54. The Morgan fingerprint density at radius 3 is 2.84 bits per heavy atom. The Labute approximate surface area is 189 Å². The number of thiophene rings is 1. The number of nitrogens with one attached hydrogen (secondary N) is 3. The summed E-state index contributed by atoms with van der Waals surface area (Å²) in [5.41, 5.74) is 8.29. The first-order valence-corrected chi connectivity index (χ1v) is 11.5. The molecule has 0 bridgehead atoms. The van der Waals surface area contributed by atoms with Gasteiger partial charge in [-0.15, -0.1) is 11.3 Å². The number of benzene rings is 2. The standard InChI is InChI=1S/C23H25N7OS/c24-6-7-26-16-2-1-3-17(12-16)28-23-27-14-15-4-5-19-18(21(15)29-23)13-20(32-19)22(31)30-10-8-25-9-11-30/h1-5,12-14,25-26H,6-11,24H2,(H,27,28,29). The molecule has 0 saturated carbocycles. The van der Waals surface area contributed by atoms with Crippen LogP contribution in [0.4, 0.5) is 17.3 Å². The van der Waals surface area contributed by atoms with Crippen molar-refractivity contribution in [1.82, 2.24) is 20.2 Å². The van der Waals surface area contributed by atoms with E-state index in [1.54, 1.807) is 0 Å². The van der Waals surface area contributed by atoms with Crippen LogP contribution < -0.4 is 21.7 Å². The normalized spacial score (nSPS) is 14.1. The monoisotopic (exact) mass is 447 g/mol. The number of piperazine rings is 1. The Balaban J connectivity index is 1.45. The zero-order valence-electron chi connectivity index (χ0n) is 17.6. The van der Waals surface area contributed by atoms with Crippen LogP contribution in [0.2, 0.25) is 0 Å². The van der Waals surface area contributed by atoms with Crippen LogP contribution in [-0.4, -0.2) is 60.0 Å². The lowest BCUT2D eigenvalue weighted by molar-refractivity contribution is 0.0741. The van der Waals surface area contributed by atoms with Gasteiger partial charge in [0.1, 0.15) is 0 Å². The van der Waals surface area contributed by atoms with Crippen molar-refractivity contribution < 1.29 is 4.79 Å². The summed E-state index contributed by atoms with van der Waals surface area (Å²) >= 11 is 1.52. The third kappa shape index (κ3) is 4.22. The highest BCUT2D eigenvalue weighted by molar-refractivity contribution is 7.21. The molecule has 0 atom stereocenters. The molecule has 2 aromatic carbocycles. The fraction of sp³-hybridized carbons (Fsp3) is 0.261. The molecule has 1 aliphatic heterocycles. The van der Waals surface area contributed by atoms with Crippen LogP contribution in [0.5, 0.6) is 0 Å². The van der Waals surface area contributed by atoms with Crippen molar-refractivity contribution in [2.75, 3.05) is 49.9 Å². The van der Waals surface area contributed by atoms with Crippen LogP contribution in [-0.2, 0) is 0 Å². The molecule has 8 nitrogen and oxygen atoms in total. The number of fused-ring (bicyclic) bond motifs is 3. The molecule has 1 fully saturated rings. The van der Waals surface area contributed by atoms with Gasteiger partial charge in [0.05, 0.1) is 10.4 Å². The van der Waals surface area contributed by atoms with E-state index < -0.39 is 0 Å². The smallest absolute Gasteiger partial charge is 0.264 e. The molecule has 5 rings (SSSR count). The maximum atomic E-state index is 13.0. The second-order valence-electron chi connectivity index (χ2n) is 7.68. The number of nitrogens with zero attached hydrogens (tertiary/aromatic N) is 3. The molecule has 0 aliphatic carbocycles. The van der Waals surface area contributed by atoms with E-state index in [9.17, 15) is 4.79 Å². The Hall–Kier alpha value is -3.27. The molecule has 0 unspecified atom stereocenters. The molecule has 164 valence electrons. The number of carbonyl (C=O) groups excluding carboxylic acids is 1. The molecule has 1 saturated heterocycles. The van der Waals surface area contributed by atoms with E-state index in [1.165, 1.54) is 11.3 Å². The fourth-order valence-electron chi connectivity index (χ4n) is 3.85. The first-order chi connectivity index (χ1) is 15.7. The molecule has 32 heavy (non-hydrogen) atoms. The highest BCUT2D eigenvalue weighted by Crippen LogP contribution is 2.32. The number of nitrogens with two attached hydrogens (primary N) is 1. The van der Waals surface area contributed by atoms with Gasteiger partial charge in [-0.05, 0) is 36.4 Å². The maximum Gasteiger partial charge on any atom is 0.264 e. The Morgan fingerprint density at radius 2 is 2.00 bits per heavy atom. The molecular weight excluding hydrogens is 422 g/mol. The highest BCUT2D eigenvalue weighted by atomic mass is 32.1. The summed E-state index contributed by atoms with van der Waals surface area (Å²) in [6, 6.07) is 14.0. The molecule has 0 spiro atoms. The molecule has 1 amide bonds. The van der Waals surface area contributed by atoms with E-state index in [2.05, 4.69) is 20.9 Å². The number of hydrogen-bond donors (Lipinski definition) is 4. The first kappa shape index (κ1) is 20.6. The van der Waals surface area contributed by atoms with Crippen molar-refractivity contribution in [2.24, 2.45) is 5.73 Å². The summed E-state index contributed by atoms with van der Waals surface area (Å²) in [6.07, 6.45) is 1.82. The van der Waals surface area contributed by atoms with Crippen LogP contribution >= 0.6 is 11.3 Å². The highest BCUT2D eigenvalue weighted by Gasteiger charge is 2.20. The van der Waals surface area contributed by atoms with Gasteiger partial charge < -0.3 is 26.6 Å². The van der Waals surface area contributed by atoms with Gasteiger partial charge in [-0.2, -0.15) is 0 Å². The van der Waals surface area contributed by atoms with Gasteiger partial charge in [0.15, 0.2) is 0 Å². The van der Waals surface area contributed by atoms with E-state index >= 15 is 0 Å². The minimum Gasteiger partial charge on any atom is -0.384 e. The van der Waals surface area contributed by atoms with Gasteiger partial charge in [0.25, 0.3) is 5.91 Å². The number of aromatic nitrogens is 2. The van der Waals surface area contributed by atoms with E-state index in [0.29, 0.717) is 19.0 Å². The summed E-state index contributed by atoms with van der Waals surface area (Å²) in [5, 5.41) is 11.8. The SMILES string of the molecule is NCCNc1cccc(Nc2ncc3ccc4sc(C(=O)N5CCNCC5)cc4c3n2)c1. The van der Waals surface area contributed by atoms with E-state index in [1.807, 2.05) is 53.6 Å². The predicted octanol–water partition coefficient (Wildman–Crippen LogP) is 3.00. The molecule has 3 heterocycles. The van der Waals surface area contributed by atoms with Crippen molar-refractivity contribution in [3.05, 3.63) is 53.5 Å². The Bertz CT molecular complexity index is 1270. The van der Waals surface area contributed by atoms with E-state index in [0.717, 1.165) is 63.4 Å². The first-order valence-electron chi connectivity index (χ1n) is 10.7. The summed E-state index contributed by atoms with van der Waals surface area (Å²) in [4.78, 5) is 24.9. The number of hydrogen-bond acceptors (Lipinski definition) is 8. The second-order valence-corrected chi connectivity index (χ2v) is 8.77. The van der Waals surface area contributed by atoms with Gasteiger partial charge in [-0.3, -0.25) is 4.79 Å². The summed E-state index contributed by atoms with van der Waals surface area (Å²) in [7, 11) is 0. The largest absolute Gasteiger partial charge is 0.384 e. The quantitative estimate of drug-likeness (QED) is 0.360. The average molecular weight is 448 g/mol. The lowest BCUT2D eigenvalue weighted by Crippen LogP contribution is -2.46. The molecule has 9 heteroatoms. The van der Waals surface area contributed by atoms with E-state index in [4.69, 9.17) is 10.7 Å². The van der Waals surface area contributed by atoms with E-state index in [-0.39, 0.29) is 5.91 Å². The fourth-order valence-corrected chi connectivity index (χ4v) is 4.88. The minimum absolute atomic E-state index is 0.0926. The van der Waals surface area contributed by atoms with Crippen molar-refractivity contribution in [3.63, 3.8) is 0 Å². The third-order valence-electron chi connectivity index (χ3n) is 5.45. The number of rotatable bonds is 6. The lowest BCUT2D eigenvalue weighted by Gasteiger charge is -2.26. The summed E-state index contributed by atoms with van der Waals surface area (Å²) in [5.74, 6) is 0.609. The van der Waals surface area contributed by atoms with Gasteiger partial charge in [0, 0.05) is 72.3 Å². The van der Waals surface area contributed by atoms with Crippen LogP contribution in [0.3, 0.4) is 0 Å². The molecular formula is C23H25N7OS. The van der Waals surface area contributed by atoms with Gasteiger partial charge in [-0.1, -0.05) is 6.07 Å². The van der Waals surface area contributed by atoms with Crippen molar-refractivity contribution in [1.29, 1.82) is 0 Å². The summed E-state index contributed by atoms with van der Waals surface area (Å²) in [6.45, 7) is 4.43. The number of anilines is 3. The number of amides is 1. The van der Waals surface area contributed by atoms with Gasteiger partial charge in [0.2, 0.25) is 5.95 Å². The predicted molar refractivity (Wildman–Crippen MR) is 131 cm³/mol. The van der Waals surface area contributed by atoms with Gasteiger partial charge in [-0.25, -0.2) is 9.97 Å². The zero-order valence-corrected chi connectivity index (χ0v) is 18.4. The molecule has 0 radical (unpaired) electrons. The Morgan fingerprint density at radius 1 is 1.16 bits per heavy atom. The van der Waals surface area contributed by atoms with Crippen LogP contribution in [0.25, 0.3) is 21.0 Å². The summed E-state index contributed by atoms with van der Waals surface area (Å²) < 4.78 is 1.05. The topological polar surface area (TPSA) is 108 Å². The molecule has 1 aliphatic rings. The molecule has 4 aromatic rings. The number of carbonyl (C=O) groups is 1. The van der Waals surface area contributed by atoms with Crippen LogP contribution in [0, 0.1) is 0 Å². The van der Waals surface area contributed by atoms with Crippen molar-refractivity contribution >= 4 is 55.6 Å². The average Bonchev–Trinajstić information content (AvgIpc) is 3.28. The van der Waals surface area contributed by atoms with Crippen molar-refractivity contribution in [2.45, 2.75) is 0 Å². The maximum absolute atomic E-state index is 13.0. The van der Waals surface area contributed by atoms with Crippen LogP contribution in [0.1, 0.15) is 9.67 Å². The molecule has 2 aromatic heterocycles. The second kappa shape index (κ2) is 9.07. The Kier molecular flexibility index (Phi) is 5.85. The lowest BCUT2D eigenvalue weighted by atomic mass is 10.1. The minimum atomic E-state index is 0.0926. The van der Waals surface area contributed by atoms with Crippen LogP contribution in [0.15, 0.2) is 48.7 Å². The van der Waals surface area contributed by atoms with Gasteiger partial charge >= 0.3 is 0 Å². The molecule has 5 N–H and O–H groups in total. The zero-order chi connectivity index (χ0) is 21.9. The van der Waals surface area contributed by atoms with Crippen molar-refractivity contribution in [3.8, 4) is 0 Å².